The number of ketones is 2. The molecule has 4 aliphatic rings. The standard InChI is InChI=1S/C26H44N2O2/c1-4-24(29)20-5-11-26(12-6-20)17-23(18-26)28-15-9-22(10-16-28)27-13-7-21(8-14-27)25(30)19(2)3/h19-23H,4-18H2,1-3H3. The van der Waals surface area contributed by atoms with Crippen molar-refractivity contribution in [2.24, 2.45) is 23.2 Å². The zero-order valence-corrected chi connectivity index (χ0v) is 19.7. The Bertz CT molecular complexity index is 599. The average molecular weight is 417 g/mol. The van der Waals surface area contributed by atoms with Crippen LogP contribution in [0.25, 0.3) is 0 Å². The van der Waals surface area contributed by atoms with E-state index in [2.05, 4.69) is 9.80 Å². The van der Waals surface area contributed by atoms with Gasteiger partial charge >= 0.3 is 0 Å². The third kappa shape index (κ3) is 4.70. The number of carbonyl (C=O) groups excluding carboxylic acids is 2. The molecular formula is C26H44N2O2. The molecule has 0 N–H and O–H groups in total. The molecular weight excluding hydrogens is 372 g/mol. The zero-order valence-electron chi connectivity index (χ0n) is 19.7. The van der Waals surface area contributed by atoms with Crippen molar-refractivity contribution >= 4 is 11.6 Å². The molecule has 0 aromatic rings. The lowest BCUT2D eigenvalue weighted by Gasteiger charge is -2.56. The molecule has 4 heteroatoms. The van der Waals surface area contributed by atoms with Crippen LogP contribution in [0.3, 0.4) is 0 Å². The van der Waals surface area contributed by atoms with Crippen LogP contribution >= 0.6 is 0 Å². The van der Waals surface area contributed by atoms with Crippen LogP contribution in [0.1, 0.15) is 91.4 Å². The van der Waals surface area contributed by atoms with E-state index in [4.69, 9.17) is 0 Å². The molecule has 30 heavy (non-hydrogen) atoms. The van der Waals surface area contributed by atoms with Gasteiger partial charge in [-0.15, -0.1) is 0 Å². The van der Waals surface area contributed by atoms with E-state index in [0.717, 1.165) is 57.3 Å². The van der Waals surface area contributed by atoms with Crippen molar-refractivity contribution in [2.45, 2.75) is 103 Å². The molecule has 4 nitrogen and oxygen atoms in total. The summed E-state index contributed by atoms with van der Waals surface area (Å²) in [4.78, 5) is 29.8. The first-order valence-electron chi connectivity index (χ1n) is 13.0. The predicted octanol–water partition coefficient (Wildman–Crippen LogP) is 4.71. The minimum Gasteiger partial charge on any atom is -0.300 e. The topological polar surface area (TPSA) is 40.6 Å². The second kappa shape index (κ2) is 9.40. The Kier molecular flexibility index (Phi) is 7.04. The highest BCUT2D eigenvalue weighted by Gasteiger charge is 2.49. The lowest BCUT2D eigenvalue weighted by atomic mass is 9.56. The summed E-state index contributed by atoms with van der Waals surface area (Å²) < 4.78 is 0. The molecule has 0 unspecified atom stereocenters. The highest BCUT2D eigenvalue weighted by molar-refractivity contribution is 5.82. The van der Waals surface area contributed by atoms with Crippen LogP contribution in [0.15, 0.2) is 0 Å². The molecule has 4 fully saturated rings. The van der Waals surface area contributed by atoms with Crippen LogP contribution < -0.4 is 0 Å². The molecule has 2 saturated heterocycles. The molecule has 1 spiro atoms. The number of likely N-dealkylation sites (tertiary alicyclic amines) is 2. The van der Waals surface area contributed by atoms with E-state index in [1.165, 1.54) is 51.6 Å². The van der Waals surface area contributed by atoms with Crippen LogP contribution in [0, 0.1) is 23.2 Å². The van der Waals surface area contributed by atoms with Crippen molar-refractivity contribution in [1.82, 2.24) is 9.80 Å². The molecule has 0 bridgehead atoms. The number of carbonyl (C=O) groups is 2. The first kappa shape index (κ1) is 22.5. The van der Waals surface area contributed by atoms with E-state index in [9.17, 15) is 9.59 Å². The number of hydrogen-bond acceptors (Lipinski definition) is 4. The zero-order chi connectivity index (χ0) is 21.3. The monoisotopic (exact) mass is 416 g/mol. The van der Waals surface area contributed by atoms with Crippen LogP contribution in [0.2, 0.25) is 0 Å². The first-order chi connectivity index (χ1) is 14.4. The summed E-state index contributed by atoms with van der Waals surface area (Å²) in [7, 11) is 0. The second-order valence-corrected chi connectivity index (χ2v) is 11.3. The fourth-order valence-electron chi connectivity index (χ4n) is 7.08. The number of hydrogen-bond donors (Lipinski definition) is 0. The summed E-state index contributed by atoms with van der Waals surface area (Å²) in [6, 6.07) is 1.54. The van der Waals surface area contributed by atoms with Crippen LogP contribution in [-0.4, -0.2) is 59.6 Å². The maximum atomic E-state index is 12.3. The molecule has 2 saturated carbocycles. The molecule has 2 heterocycles. The van der Waals surface area contributed by atoms with Gasteiger partial charge in [-0.25, -0.2) is 0 Å². The third-order valence-corrected chi connectivity index (χ3v) is 9.22. The van der Waals surface area contributed by atoms with Crippen LogP contribution in [0.4, 0.5) is 0 Å². The predicted molar refractivity (Wildman–Crippen MR) is 121 cm³/mol. The Balaban J connectivity index is 1.16. The van der Waals surface area contributed by atoms with E-state index < -0.39 is 0 Å². The van der Waals surface area contributed by atoms with Gasteiger partial charge in [0.15, 0.2) is 0 Å². The second-order valence-electron chi connectivity index (χ2n) is 11.3. The Hall–Kier alpha value is -0.740. The molecule has 0 radical (unpaired) electrons. The Morgan fingerprint density at radius 2 is 1.33 bits per heavy atom. The first-order valence-corrected chi connectivity index (χ1v) is 13.0. The van der Waals surface area contributed by atoms with E-state index in [1.807, 2.05) is 20.8 Å². The molecule has 0 aromatic heterocycles. The number of rotatable bonds is 6. The molecule has 170 valence electrons. The lowest BCUT2D eigenvalue weighted by molar-refractivity contribution is -0.128. The Labute approximate surface area is 184 Å². The van der Waals surface area contributed by atoms with Gasteiger partial charge in [0.05, 0.1) is 0 Å². The van der Waals surface area contributed by atoms with Gasteiger partial charge in [0.2, 0.25) is 0 Å². The summed E-state index contributed by atoms with van der Waals surface area (Å²) >= 11 is 0. The summed E-state index contributed by atoms with van der Waals surface area (Å²) in [6.07, 6.45) is 13.1. The Morgan fingerprint density at radius 1 is 0.800 bits per heavy atom. The van der Waals surface area contributed by atoms with Gasteiger partial charge in [0.25, 0.3) is 0 Å². The number of Topliss-reactive ketones (excluding diaryl/α,β-unsaturated/α-hetero) is 2. The van der Waals surface area contributed by atoms with Crippen LogP contribution in [0.5, 0.6) is 0 Å². The molecule has 0 amide bonds. The van der Waals surface area contributed by atoms with Gasteiger partial charge in [-0.1, -0.05) is 20.8 Å². The minimum atomic E-state index is 0.192. The van der Waals surface area contributed by atoms with Crippen LogP contribution in [-0.2, 0) is 9.59 Å². The van der Waals surface area contributed by atoms with E-state index in [0.29, 0.717) is 28.8 Å². The number of nitrogens with zero attached hydrogens (tertiary/aromatic N) is 2. The minimum absolute atomic E-state index is 0.192. The van der Waals surface area contributed by atoms with Gasteiger partial charge in [0.1, 0.15) is 11.6 Å². The summed E-state index contributed by atoms with van der Waals surface area (Å²) in [5, 5.41) is 0. The fraction of sp³-hybridized carbons (Fsp3) is 0.923. The maximum Gasteiger partial charge on any atom is 0.138 e. The van der Waals surface area contributed by atoms with E-state index >= 15 is 0 Å². The van der Waals surface area contributed by atoms with E-state index in [1.54, 1.807) is 0 Å². The van der Waals surface area contributed by atoms with Crippen molar-refractivity contribution in [2.75, 3.05) is 26.2 Å². The summed E-state index contributed by atoms with van der Waals surface area (Å²) in [5.74, 6) is 1.86. The van der Waals surface area contributed by atoms with Crippen molar-refractivity contribution in [1.29, 1.82) is 0 Å². The van der Waals surface area contributed by atoms with Gasteiger partial charge in [-0.3, -0.25) is 9.59 Å². The lowest BCUT2D eigenvalue weighted by Crippen LogP contribution is -2.56. The summed E-state index contributed by atoms with van der Waals surface area (Å²) in [6.45, 7) is 10.9. The molecule has 0 atom stereocenters. The fourth-order valence-corrected chi connectivity index (χ4v) is 7.08. The summed E-state index contributed by atoms with van der Waals surface area (Å²) in [5.41, 5.74) is 0.580. The normalized spacial score (nSPS) is 34.9. The van der Waals surface area contributed by atoms with Gasteiger partial charge < -0.3 is 9.80 Å². The van der Waals surface area contributed by atoms with Crippen molar-refractivity contribution in [3.63, 3.8) is 0 Å². The SMILES string of the molecule is CCC(=O)C1CCC2(CC1)CC(N1CCC(N3CCC(C(=O)C(C)C)CC3)CC1)C2. The van der Waals surface area contributed by atoms with Gasteiger partial charge in [-0.05, 0) is 95.8 Å². The molecule has 2 aliphatic carbocycles. The highest BCUT2D eigenvalue weighted by atomic mass is 16.1. The third-order valence-electron chi connectivity index (χ3n) is 9.22. The highest BCUT2D eigenvalue weighted by Crippen LogP contribution is 2.54. The average Bonchev–Trinajstić information content (AvgIpc) is 2.76. The van der Waals surface area contributed by atoms with Crippen molar-refractivity contribution < 1.29 is 9.59 Å². The smallest absolute Gasteiger partial charge is 0.138 e. The van der Waals surface area contributed by atoms with Crippen molar-refractivity contribution in [3.8, 4) is 0 Å². The van der Waals surface area contributed by atoms with Gasteiger partial charge in [-0.2, -0.15) is 0 Å². The number of piperidine rings is 2. The maximum absolute atomic E-state index is 12.3. The molecule has 4 rings (SSSR count). The molecule has 0 aromatic carbocycles. The van der Waals surface area contributed by atoms with E-state index in [-0.39, 0.29) is 5.92 Å². The largest absolute Gasteiger partial charge is 0.300 e. The quantitative estimate of drug-likeness (QED) is 0.629. The van der Waals surface area contributed by atoms with Crippen molar-refractivity contribution in [3.05, 3.63) is 0 Å². The Morgan fingerprint density at radius 3 is 1.87 bits per heavy atom. The van der Waals surface area contributed by atoms with Gasteiger partial charge in [0, 0.05) is 36.3 Å². The molecule has 2 aliphatic heterocycles.